The highest BCUT2D eigenvalue weighted by Gasteiger charge is 2.03. The number of hydrogen-bond acceptors (Lipinski definition) is 2. The highest BCUT2D eigenvalue weighted by atomic mass is 35.5. The van der Waals surface area contributed by atoms with E-state index in [1.54, 1.807) is 0 Å². The molecule has 0 bridgehead atoms. The maximum atomic E-state index is 5.88. The van der Waals surface area contributed by atoms with Crippen LogP contribution in [0.15, 0.2) is 54.6 Å². The van der Waals surface area contributed by atoms with Crippen molar-refractivity contribution in [3.63, 3.8) is 0 Å². The molecular weight excluding hydrogens is 270 g/mol. The Balaban J connectivity index is 1.64. The van der Waals surface area contributed by atoms with E-state index >= 15 is 0 Å². The van der Waals surface area contributed by atoms with Crippen molar-refractivity contribution >= 4 is 11.6 Å². The van der Waals surface area contributed by atoms with Crippen LogP contribution in [0.1, 0.15) is 24.9 Å². The summed E-state index contributed by atoms with van der Waals surface area (Å²) in [4.78, 5) is 0. The Kier molecular flexibility index (Phi) is 5.90. The maximum Gasteiger partial charge on any atom is 0.119 e. The van der Waals surface area contributed by atoms with Crippen LogP contribution in [0, 0.1) is 0 Å². The van der Waals surface area contributed by atoms with Crippen molar-refractivity contribution in [2.75, 3.05) is 13.2 Å². The molecule has 20 heavy (non-hydrogen) atoms. The molecule has 2 aromatic rings. The molecule has 0 radical (unpaired) electrons. The minimum atomic E-state index is 0.323. The SMILES string of the molecule is C[C@@H](NCCCOc1ccccc1)c1ccc(Cl)cc1. The molecule has 0 spiro atoms. The summed E-state index contributed by atoms with van der Waals surface area (Å²) in [7, 11) is 0. The van der Waals surface area contributed by atoms with E-state index in [0.29, 0.717) is 6.04 Å². The molecule has 0 aromatic heterocycles. The summed E-state index contributed by atoms with van der Waals surface area (Å²) in [5.41, 5.74) is 1.25. The topological polar surface area (TPSA) is 21.3 Å². The average molecular weight is 290 g/mol. The number of hydrogen-bond donors (Lipinski definition) is 1. The fourth-order valence-corrected chi connectivity index (χ4v) is 2.09. The molecule has 2 nitrogen and oxygen atoms in total. The molecule has 0 aliphatic heterocycles. The Hall–Kier alpha value is -1.51. The predicted molar refractivity (Wildman–Crippen MR) is 84.4 cm³/mol. The van der Waals surface area contributed by atoms with Gasteiger partial charge in [-0.25, -0.2) is 0 Å². The number of nitrogens with one attached hydrogen (secondary N) is 1. The molecule has 0 amide bonds. The van der Waals surface area contributed by atoms with E-state index in [9.17, 15) is 0 Å². The van der Waals surface area contributed by atoms with Crippen LogP contribution in [0.5, 0.6) is 5.75 Å². The lowest BCUT2D eigenvalue weighted by molar-refractivity contribution is 0.305. The zero-order valence-corrected chi connectivity index (χ0v) is 12.4. The second kappa shape index (κ2) is 7.93. The van der Waals surface area contributed by atoms with E-state index in [4.69, 9.17) is 16.3 Å². The van der Waals surface area contributed by atoms with E-state index in [0.717, 1.165) is 30.3 Å². The quantitative estimate of drug-likeness (QED) is 0.760. The molecule has 106 valence electrons. The fourth-order valence-electron chi connectivity index (χ4n) is 1.97. The number of rotatable bonds is 7. The second-order valence-corrected chi connectivity index (χ2v) is 5.18. The maximum absolute atomic E-state index is 5.88. The Labute approximate surface area is 125 Å². The molecule has 2 aromatic carbocycles. The summed E-state index contributed by atoms with van der Waals surface area (Å²) in [5.74, 6) is 0.929. The van der Waals surface area contributed by atoms with Gasteiger partial charge in [0.25, 0.3) is 0 Å². The molecular formula is C17H20ClNO. The molecule has 0 aliphatic carbocycles. The van der Waals surface area contributed by atoms with Crippen LogP contribution in [0.2, 0.25) is 5.02 Å². The molecule has 0 unspecified atom stereocenters. The molecule has 0 saturated carbocycles. The predicted octanol–water partition coefficient (Wildman–Crippen LogP) is 4.46. The fraction of sp³-hybridized carbons (Fsp3) is 0.294. The van der Waals surface area contributed by atoms with Crippen molar-refractivity contribution in [2.24, 2.45) is 0 Å². The van der Waals surface area contributed by atoms with Crippen LogP contribution in [0.25, 0.3) is 0 Å². The van der Waals surface area contributed by atoms with E-state index in [2.05, 4.69) is 24.4 Å². The monoisotopic (exact) mass is 289 g/mol. The van der Waals surface area contributed by atoms with Crippen LogP contribution >= 0.6 is 11.6 Å². The largest absolute Gasteiger partial charge is 0.494 e. The van der Waals surface area contributed by atoms with Crippen molar-refractivity contribution in [1.29, 1.82) is 0 Å². The highest BCUT2D eigenvalue weighted by Crippen LogP contribution is 2.15. The lowest BCUT2D eigenvalue weighted by atomic mass is 10.1. The lowest BCUT2D eigenvalue weighted by Crippen LogP contribution is -2.21. The van der Waals surface area contributed by atoms with E-state index in [-0.39, 0.29) is 0 Å². The molecule has 0 heterocycles. The van der Waals surface area contributed by atoms with Crippen LogP contribution in [0.4, 0.5) is 0 Å². The van der Waals surface area contributed by atoms with Gasteiger partial charge in [-0.05, 0) is 49.7 Å². The van der Waals surface area contributed by atoms with Gasteiger partial charge in [-0.1, -0.05) is 41.9 Å². The molecule has 0 saturated heterocycles. The van der Waals surface area contributed by atoms with Gasteiger partial charge in [0.05, 0.1) is 6.61 Å². The van der Waals surface area contributed by atoms with Gasteiger partial charge in [-0.15, -0.1) is 0 Å². The third kappa shape index (κ3) is 4.87. The van der Waals surface area contributed by atoms with Gasteiger partial charge in [0, 0.05) is 11.1 Å². The number of halogens is 1. The van der Waals surface area contributed by atoms with Gasteiger partial charge in [0.2, 0.25) is 0 Å². The third-order valence-corrected chi connectivity index (χ3v) is 3.41. The van der Waals surface area contributed by atoms with Crippen molar-refractivity contribution in [3.05, 3.63) is 65.2 Å². The smallest absolute Gasteiger partial charge is 0.119 e. The zero-order chi connectivity index (χ0) is 14.2. The first kappa shape index (κ1) is 14.9. The first-order valence-electron chi connectivity index (χ1n) is 6.92. The summed E-state index contributed by atoms with van der Waals surface area (Å²) >= 11 is 5.88. The minimum absolute atomic E-state index is 0.323. The Bertz CT molecular complexity index is 498. The summed E-state index contributed by atoms with van der Waals surface area (Å²) in [5, 5.41) is 4.26. The standard InChI is InChI=1S/C17H20ClNO/c1-14(15-8-10-16(18)11-9-15)19-12-5-13-20-17-6-3-2-4-7-17/h2-4,6-11,14,19H,5,12-13H2,1H3/t14-/m1/s1. The van der Waals surface area contributed by atoms with Gasteiger partial charge < -0.3 is 10.1 Å². The Morgan fingerprint density at radius 3 is 2.45 bits per heavy atom. The number of benzene rings is 2. The summed E-state index contributed by atoms with van der Waals surface area (Å²) in [6.07, 6.45) is 0.979. The molecule has 1 atom stereocenters. The average Bonchev–Trinajstić information content (AvgIpc) is 2.48. The van der Waals surface area contributed by atoms with Crippen molar-refractivity contribution < 1.29 is 4.74 Å². The Morgan fingerprint density at radius 1 is 1.05 bits per heavy atom. The zero-order valence-electron chi connectivity index (χ0n) is 11.7. The van der Waals surface area contributed by atoms with Gasteiger partial charge in [-0.2, -0.15) is 0 Å². The molecule has 2 rings (SSSR count). The number of ether oxygens (including phenoxy) is 1. The van der Waals surface area contributed by atoms with Gasteiger partial charge >= 0.3 is 0 Å². The van der Waals surface area contributed by atoms with Crippen LogP contribution in [-0.4, -0.2) is 13.2 Å². The van der Waals surface area contributed by atoms with Crippen LogP contribution in [-0.2, 0) is 0 Å². The van der Waals surface area contributed by atoms with E-state index in [1.165, 1.54) is 5.56 Å². The van der Waals surface area contributed by atoms with Crippen LogP contribution in [0.3, 0.4) is 0 Å². The second-order valence-electron chi connectivity index (χ2n) is 4.74. The van der Waals surface area contributed by atoms with Gasteiger partial charge in [-0.3, -0.25) is 0 Å². The van der Waals surface area contributed by atoms with E-state index < -0.39 is 0 Å². The minimum Gasteiger partial charge on any atom is -0.494 e. The number of para-hydroxylation sites is 1. The van der Waals surface area contributed by atoms with Gasteiger partial charge in [0.1, 0.15) is 5.75 Å². The first-order chi connectivity index (χ1) is 9.75. The van der Waals surface area contributed by atoms with Crippen molar-refractivity contribution in [3.8, 4) is 5.75 Å². The summed E-state index contributed by atoms with van der Waals surface area (Å²) in [6, 6.07) is 18.2. The van der Waals surface area contributed by atoms with Crippen molar-refractivity contribution in [2.45, 2.75) is 19.4 Å². The first-order valence-corrected chi connectivity index (χ1v) is 7.30. The molecule has 0 aliphatic rings. The summed E-state index contributed by atoms with van der Waals surface area (Å²) < 4.78 is 5.65. The van der Waals surface area contributed by atoms with Gasteiger partial charge in [0.15, 0.2) is 0 Å². The Morgan fingerprint density at radius 2 is 1.75 bits per heavy atom. The van der Waals surface area contributed by atoms with E-state index in [1.807, 2.05) is 42.5 Å². The normalized spacial score (nSPS) is 12.1. The molecule has 0 fully saturated rings. The third-order valence-electron chi connectivity index (χ3n) is 3.15. The lowest BCUT2D eigenvalue weighted by Gasteiger charge is -2.14. The summed E-state index contributed by atoms with van der Waals surface area (Å²) in [6.45, 7) is 3.81. The van der Waals surface area contributed by atoms with Crippen LogP contribution < -0.4 is 10.1 Å². The highest BCUT2D eigenvalue weighted by molar-refractivity contribution is 6.30. The van der Waals surface area contributed by atoms with Crippen molar-refractivity contribution in [1.82, 2.24) is 5.32 Å². The molecule has 3 heteroatoms. The molecule has 1 N–H and O–H groups in total.